The zero-order valence-electron chi connectivity index (χ0n) is 20.7. The molecule has 2 N–H and O–H groups in total. The lowest BCUT2D eigenvalue weighted by molar-refractivity contribution is -0.120. The van der Waals surface area contributed by atoms with Crippen molar-refractivity contribution in [2.75, 3.05) is 18.5 Å². The third-order valence-corrected chi connectivity index (χ3v) is 6.94. The van der Waals surface area contributed by atoms with E-state index in [0.29, 0.717) is 12.1 Å². The molecule has 2 fully saturated rings. The van der Waals surface area contributed by atoms with Gasteiger partial charge in [0.05, 0.1) is 41.8 Å². The molecule has 3 aromatic rings. The number of rotatable bonds is 7. The lowest BCUT2D eigenvalue weighted by Crippen LogP contribution is -2.44. The SMILES string of the molecule is CC(C)n1c(=O)n(CC2CC2)c(=O)c2cc(NC(=O)[C@@H]3COC[C@@H]3NC(=O)c3ccccc3)c(F)cc21. The second kappa shape index (κ2) is 9.93. The van der Waals surface area contributed by atoms with Gasteiger partial charge in [-0.25, -0.2) is 9.18 Å². The highest BCUT2D eigenvalue weighted by Gasteiger charge is 2.36. The molecule has 0 radical (unpaired) electrons. The molecule has 194 valence electrons. The average molecular weight is 509 g/mol. The molecule has 5 rings (SSSR count). The van der Waals surface area contributed by atoms with Gasteiger partial charge in [-0.15, -0.1) is 0 Å². The number of ether oxygens (including phenoxy) is 1. The van der Waals surface area contributed by atoms with Crippen molar-refractivity contribution in [3.63, 3.8) is 0 Å². The summed E-state index contributed by atoms with van der Waals surface area (Å²) in [6.45, 7) is 4.11. The van der Waals surface area contributed by atoms with Crippen molar-refractivity contribution in [2.45, 2.75) is 45.3 Å². The molecule has 2 atom stereocenters. The molecule has 0 bridgehead atoms. The third kappa shape index (κ3) is 4.93. The number of amides is 2. The number of nitrogens with one attached hydrogen (secondary N) is 2. The minimum Gasteiger partial charge on any atom is -0.378 e. The minimum absolute atomic E-state index is 0.0574. The summed E-state index contributed by atoms with van der Waals surface area (Å²) in [6, 6.07) is 10.1. The zero-order chi connectivity index (χ0) is 26.3. The van der Waals surface area contributed by atoms with E-state index in [2.05, 4.69) is 10.6 Å². The van der Waals surface area contributed by atoms with Crippen molar-refractivity contribution in [1.82, 2.24) is 14.5 Å². The summed E-state index contributed by atoms with van der Waals surface area (Å²) in [7, 11) is 0. The van der Waals surface area contributed by atoms with Gasteiger partial charge in [-0.3, -0.25) is 23.5 Å². The van der Waals surface area contributed by atoms with Gasteiger partial charge in [0.1, 0.15) is 5.82 Å². The first-order chi connectivity index (χ1) is 17.7. The molecular formula is C27H29FN4O5. The predicted octanol–water partition coefficient (Wildman–Crippen LogP) is 2.68. The van der Waals surface area contributed by atoms with Gasteiger partial charge in [0.2, 0.25) is 5.91 Å². The maximum absolute atomic E-state index is 15.2. The average Bonchev–Trinajstić information content (AvgIpc) is 3.58. The minimum atomic E-state index is -0.766. The van der Waals surface area contributed by atoms with Crippen molar-refractivity contribution in [3.05, 3.63) is 74.7 Å². The standard InChI is InChI=1S/C27H29FN4O5/c1-15(2)32-23-11-20(28)21(10-18(23)26(35)31(27(32)36)12-16-8-9-16)29-25(34)19-13-37-14-22(19)30-24(33)17-6-4-3-5-7-17/h3-7,10-11,15-16,19,22H,8-9,12-14H2,1-2H3,(H,29,34)(H,30,33)/t19-,22+/m1/s1. The Morgan fingerprint density at radius 3 is 2.51 bits per heavy atom. The number of aromatic nitrogens is 2. The number of anilines is 1. The summed E-state index contributed by atoms with van der Waals surface area (Å²) in [4.78, 5) is 52.0. The van der Waals surface area contributed by atoms with E-state index in [-0.39, 0.29) is 47.7 Å². The van der Waals surface area contributed by atoms with Crippen molar-refractivity contribution >= 4 is 28.4 Å². The van der Waals surface area contributed by atoms with Gasteiger partial charge in [0.25, 0.3) is 11.5 Å². The van der Waals surface area contributed by atoms with Crippen LogP contribution in [0, 0.1) is 17.7 Å². The summed E-state index contributed by atoms with van der Waals surface area (Å²) in [6.07, 6.45) is 1.92. The van der Waals surface area contributed by atoms with Crippen LogP contribution >= 0.6 is 0 Å². The van der Waals surface area contributed by atoms with Crippen LogP contribution in [0.4, 0.5) is 10.1 Å². The molecule has 2 amide bonds. The Kier molecular flexibility index (Phi) is 6.68. The Bertz CT molecular complexity index is 1480. The van der Waals surface area contributed by atoms with Crippen LogP contribution in [-0.4, -0.2) is 40.2 Å². The Hall–Kier alpha value is -3.79. The highest BCUT2D eigenvalue weighted by molar-refractivity contribution is 5.97. The number of carbonyl (C=O) groups is 2. The fraction of sp³-hybridized carbons (Fsp3) is 0.407. The summed E-state index contributed by atoms with van der Waals surface area (Å²) in [5, 5.41) is 5.54. The number of carbonyl (C=O) groups excluding carboxylic acids is 2. The fourth-order valence-corrected chi connectivity index (χ4v) is 4.73. The van der Waals surface area contributed by atoms with E-state index < -0.39 is 34.9 Å². The Labute approximate surface area is 212 Å². The van der Waals surface area contributed by atoms with Crippen LogP contribution in [0.3, 0.4) is 0 Å². The molecule has 0 spiro atoms. The number of fused-ring (bicyclic) bond motifs is 1. The molecular weight excluding hydrogens is 479 g/mol. The van der Waals surface area contributed by atoms with Crippen LogP contribution in [0.25, 0.3) is 10.9 Å². The monoisotopic (exact) mass is 508 g/mol. The van der Waals surface area contributed by atoms with E-state index in [9.17, 15) is 19.2 Å². The van der Waals surface area contributed by atoms with Crippen molar-refractivity contribution in [1.29, 1.82) is 0 Å². The zero-order valence-corrected chi connectivity index (χ0v) is 20.7. The molecule has 1 aromatic heterocycles. The van der Waals surface area contributed by atoms with Crippen LogP contribution in [0.5, 0.6) is 0 Å². The highest BCUT2D eigenvalue weighted by atomic mass is 19.1. The van der Waals surface area contributed by atoms with Crippen LogP contribution < -0.4 is 21.9 Å². The first-order valence-electron chi connectivity index (χ1n) is 12.5. The Morgan fingerprint density at radius 2 is 1.84 bits per heavy atom. The fourth-order valence-electron chi connectivity index (χ4n) is 4.73. The molecule has 1 aliphatic heterocycles. The van der Waals surface area contributed by atoms with Crippen LogP contribution in [-0.2, 0) is 16.1 Å². The van der Waals surface area contributed by atoms with Gasteiger partial charge in [-0.05, 0) is 50.8 Å². The first kappa shape index (κ1) is 24.9. The number of hydrogen-bond acceptors (Lipinski definition) is 5. The van der Waals surface area contributed by atoms with Crippen molar-refractivity contribution in [2.24, 2.45) is 11.8 Å². The molecule has 1 aliphatic carbocycles. The predicted molar refractivity (Wildman–Crippen MR) is 136 cm³/mol. The van der Waals surface area contributed by atoms with E-state index in [1.54, 1.807) is 44.2 Å². The molecule has 0 unspecified atom stereocenters. The van der Waals surface area contributed by atoms with Crippen LogP contribution in [0.2, 0.25) is 0 Å². The number of halogens is 1. The largest absolute Gasteiger partial charge is 0.378 e. The van der Waals surface area contributed by atoms with Crippen LogP contribution in [0.1, 0.15) is 43.1 Å². The molecule has 1 saturated carbocycles. The van der Waals surface area contributed by atoms with Gasteiger partial charge in [0, 0.05) is 24.2 Å². The quantitative estimate of drug-likeness (QED) is 0.510. The lowest BCUT2D eigenvalue weighted by atomic mass is 10.0. The van der Waals surface area contributed by atoms with Gasteiger partial charge in [-0.1, -0.05) is 18.2 Å². The van der Waals surface area contributed by atoms with Crippen molar-refractivity contribution in [3.8, 4) is 0 Å². The maximum atomic E-state index is 15.2. The van der Waals surface area contributed by atoms with Gasteiger partial charge < -0.3 is 15.4 Å². The summed E-state index contributed by atoms with van der Waals surface area (Å²) in [5.41, 5.74) is -0.494. The molecule has 37 heavy (non-hydrogen) atoms. The molecule has 2 heterocycles. The van der Waals surface area contributed by atoms with Crippen molar-refractivity contribution < 1.29 is 18.7 Å². The maximum Gasteiger partial charge on any atom is 0.331 e. The van der Waals surface area contributed by atoms with Gasteiger partial charge in [0.15, 0.2) is 0 Å². The van der Waals surface area contributed by atoms with Gasteiger partial charge in [-0.2, -0.15) is 0 Å². The molecule has 10 heteroatoms. The summed E-state index contributed by atoms with van der Waals surface area (Å²) in [5.74, 6) is -2.11. The lowest BCUT2D eigenvalue weighted by Gasteiger charge is -2.20. The molecule has 2 aliphatic rings. The number of benzene rings is 2. The molecule has 1 saturated heterocycles. The summed E-state index contributed by atoms with van der Waals surface area (Å²) < 4.78 is 23.2. The van der Waals surface area contributed by atoms with E-state index in [1.165, 1.54) is 15.2 Å². The Morgan fingerprint density at radius 1 is 1.11 bits per heavy atom. The van der Waals surface area contributed by atoms with E-state index >= 15 is 4.39 Å². The topological polar surface area (TPSA) is 111 Å². The van der Waals surface area contributed by atoms with E-state index in [1.807, 2.05) is 0 Å². The normalized spacial score (nSPS) is 19.4. The van der Waals surface area contributed by atoms with Gasteiger partial charge >= 0.3 is 5.69 Å². The second-order valence-corrected chi connectivity index (χ2v) is 10.0. The summed E-state index contributed by atoms with van der Waals surface area (Å²) >= 11 is 0. The third-order valence-electron chi connectivity index (χ3n) is 6.94. The van der Waals surface area contributed by atoms with E-state index in [4.69, 9.17) is 4.74 Å². The van der Waals surface area contributed by atoms with E-state index in [0.717, 1.165) is 18.9 Å². The smallest absolute Gasteiger partial charge is 0.331 e. The first-order valence-corrected chi connectivity index (χ1v) is 12.5. The second-order valence-electron chi connectivity index (χ2n) is 10.0. The Balaban J connectivity index is 1.43. The van der Waals surface area contributed by atoms with Crippen LogP contribution in [0.15, 0.2) is 52.1 Å². The number of nitrogens with zero attached hydrogens (tertiary/aromatic N) is 2. The molecule has 9 nitrogen and oxygen atoms in total. The highest BCUT2D eigenvalue weighted by Crippen LogP contribution is 2.30. The molecule has 2 aromatic carbocycles. The number of hydrogen-bond donors (Lipinski definition) is 2.